The summed E-state index contributed by atoms with van der Waals surface area (Å²) in [5, 5.41) is 17.5. The average Bonchev–Trinajstić information content (AvgIpc) is 3.30. The summed E-state index contributed by atoms with van der Waals surface area (Å²) in [6.07, 6.45) is 2.61. The molecule has 23 heavy (non-hydrogen) atoms. The normalized spacial score (nSPS) is 23.0. The zero-order chi connectivity index (χ0) is 15.9. The van der Waals surface area contributed by atoms with Crippen molar-refractivity contribution in [2.45, 2.75) is 30.8 Å². The number of hydrogen-bond donors (Lipinski definition) is 2. The summed E-state index contributed by atoms with van der Waals surface area (Å²) in [5.41, 5.74) is -0.172. The lowest BCUT2D eigenvalue weighted by Crippen LogP contribution is -2.44. The van der Waals surface area contributed by atoms with E-state index >= 15 is 0 Å². The van der Waals surface area contributed by atoms with E-state index in [-0.39, 0.29) is 18.1 Å². The molecule has 1 aliphatic heterocycles. The molecule has 2 aliphatic rings. The van der Waals surface area contributed by atoms with Crippen LogP contribution < -0.4 is 10.1 Å². The first-order valence-corrected chi connectivity index (χ1v) is 7.85. The predicted molar refractivity (Wildman–Crippen MR) is 81.3 cm³/mol. The molecule has 0 unspecified atom stereocenters. The topological polar surface area (TPSA) is 84.6 Å². The zero-order valence-electron chi connectivity index (χ0n) is 12.6. The zero-order valence-corrected chi connectivity index (χ0v) is 12.6. The second-order valence-electron chi connectivity index (χ2n) is 6.20. The van der Waals surface area contributed by atoms with E-state index in [1.807, 2.05) is 24.3 Å². The highest BCUT2D eigenvalue weighted by Gasteiger charge is 2.36. The van der Waals surface area contributed by atoms with E-state index < -0.39 is 5.60 Å². The molecule has 2 N–H and O–H groups in total. The molecule has 0 spiro atoms. The Balaban J connectivity index is 1.46. The Morgan fingerprint density at radius 3 is 3.04 bits per heavy atom. The summed E-state index contributed by atoms with van der Waals surface area (Å²) in [6.45, 7) is 0.525. The van der Waals surface area contributed by atoms with Crippen molar-refractivity contribution >= 4 is 5.91 Å². The second-order valence-corrected chi connectivity index (χ2v) is 6.20. The second kappa shape index (κ2) is 5.38. The number of fused-ring (bicyclic) bond motifs is 1. The molecule has 1 aromatic carbocycles. The number of hydrogen-bond acceptors (Lipinski definition) is 5. The summed E-state index contributed by atoms with van der Waals surface area (Å²) in [5.74, 6) is 1.51. The monoisotopic (exact) mass is 314 g/mol. The number of amides is 1. The standard InChI is InChI=1S/C17H18N2O4/c20-16(13-9-15(23-19-13)11-5-6-11)18-10-17(21)7-8-22-14-4-2-1-3-12(14)17/h1-4,9,11,21H,5-8,10H2,(H,18,20)/t17-/m0/s1. The van der Waals surface area contributed by atoms with E-state index in [0.717, 1.165) is 18.6 Å². The smallest absolute Gasteiger partial charge is 0.273 e. The Bertz CT molecular complexity index is 738. The minimum atomic E-state index is -1.13. The Morgan fingerprint density at radius 1 is 1.39 bits per heavy atom. The molecule has 2 heterocycles. The molecule has 1 saturated carbocycles. The third kappa shape index (κ3) is 2.70. The molecule has 4 rings (SSSR count). The fraction of sp³-hybridized carbons (Fsp3) is 0.412. The van der Waals surface area contributed by atoms with Crippen molar-refractivity contribution in [1.82, 2.24) is 10.5 Å². The van der Waals surface area contributed by atoms with Gasteiger partial charge in [0.1, 0.15) is 17.1 Å². The van der Waals surface area contributed by atoms with Crippen LogP contribution >= 0.6 is 0 Å². The molecule has 1 amide bonds. The van der Waals surface area contributed by atoms with Crippen LogP contribution in [0, 0.1) is 0 Å². The van der Waals surface area contributed by atoms with E-state index in [1.54, 1.807) is 6.07 Å². The van der Waals surface area contributed by atoms with Crippen LogP contribution in [0.3, 0.4) is 0 Å². The minimum absolute atomic E-state index is 0.109. The molecular weight excluding hydrogens is 296 g/mol. The SMILES string of the molecule is O=C(NC[C@@]1(O)CCOc2ccccc21)c1cc(C2CC2)on1. The van der Waals surface area contributed by atoms with Gasteiger partial charge in [-0.2, -0.15) is 0 Å². The maximum Gasteiger partial charge on any atom is 0.273 e. The van der Waals surface area contributed by atoms with Crippen LogP contribution in [0.4, 0.5) is 0 Å². The molecule has 2 aromatic rings. The predicted octanol–water partition coefficient (Wildman–Crippen LogP) is 1.95. The van der Waals surface area contributed by atoms with Crippen molar-refractivity contribution < 1.29 is 19.2 Å². The first kappa shape index (κ1) is 14.3. The number of para-hydroxylation sites is 1. The van der Waals surface area contributed by atoms with Gasteiger partial charge in [-0.15, -0.1) is 0 Å². The Labute approximate surface area is 133 Å². The van der Waals surface area contributed by atoms with Gasteiger partial charge in [-0.25, -0.2) is 0 Å². The van der Waals surface area contributed by atoms with Gasteiger partial charge >= 0.3 is 0 Å². The molecule has 1 aliphatic carbocycles. The number of carbonyl (C=O) groups is 1. The van der Waals surface area contributed by atoms with Gasteiger partial charge in [-0.05, 0) is 18.9 Å². The van der Waals surface area contributed by atoms with Crippen LogP contribution in [0.25, 0.3) is 0 Å². The summed E-state index contributed by atoms with van der Waals surface area (Å²) < 4.78 is 10.7. The fourth-order valence-corrected chi connectivity index (χ4v) is 2.90. The minimum Gasteiger partial charge on any atom is -0.493 e. The maximum absolute atomic E-state index is 12.2. The van der Waals surface area contributed by atoms with Gasteiger partial charge in [-0.1, -0.05) is 23.4 Å². The average molecular weight is 314 g/mol. The third-order valence-electron chi connectivity index (χ3n) is 4.44. The van der Waals surface area contributed by atoms with Crippen LogP contribution in [0.15, 0.2) is 34.9 Å². The van der Waals surface area contributed by atoms with Gasteiger partial charge < -0.3 is 19.7 Å². The summed E-state index contributed by atoms with van der Waals surface area (Å²) in [7, 11) is 0. The number of aromatic nitrogens is 1. The van der Waals surface area contributed by atoms with Crippen LogP contribution in [0.5, 0.6) is 5.75 Å². The molecule has 6 heteroatoms. The number of carbonyl (C=O) groups excluding carboxylic acids is 1. The molecular formula is C17H18N2O4. The summed E-state index contributed by atoms with van der Waals surface area (Å²) in [6, 6.07) is 9.04. The Morgan fingerprint density at radius 2 is 2.22 bits per heavy atom. The quantitative estimate of drug-likeness (QED) is 0.901. The highest BCUT2D eigenvalue weighted by atomic mass is 16.5. The van der Waals surface area contributed by atoms with Crippen molar-refractivity contribution in [3.8, 4) is 5.75 Å². The largest absolute Gasteiger partial charge is 0.493 e. The van der Waals surface area contributed by atoms with Crippen molar-refractivity contribution in [2.75, 3.05) is 13.2 Å². The Kier molecular flexibility index (Phi) is 3.34. The molecule has 0 radical (unpaired) electrons. The van der Waals surface area contributed by atoms with E-state index in [9.17, 15) is 9.90 Å². The number of aliphatic hydroxyl groups is 1. The highest BCUT2D eigenvalue weighted by molar-refractivity contribution is 5.92. The van der Waals surface area contributed by atoms with Crippen LogP contribution in [0.2, 0.25) is 0 Å². The molecule has 0 saturated heterocycles. The molecule has 1 fully saturated rings. The van der Waals surface area contributed by atoms with Crippen molar-refractivity contribution in [1.29, 1.82) is 0 Å². The van der Waals surface area contributed by atoms with E-state index in [1.165, 1.54) is 0 Å². The third-order valence-corrected chi connectivity index (χ3v) is 4.44. The summed E-state index contributed by atoms with van der Waals surface area (Å²) >= 11 is 0. The van der Waals surface area contributed by atoms with Gasteiger partial charge in [-0.3, -0.25) is 4.79 Å². The lowest BCUT2D eigenvalue weighted by Gasteiger charge is -2.34. The van der Waals surface area contributed by atoms with Crippen LogP contribution in [-0.2, 0) is 5.60 Å². The lowest BCUT2D eigenvalue weighted by molar-refractivity contribution is -0.00167. The van der Waals surface area contributed by atoms with Crippen molar-refractivity contribution in [3.05, 3.63) is 47.3 Å². The van der Waals surface area contributed by atoms with Crippen LogP contribution in [0.1, 0.15) is 47.0 Å². The lowest BCUT2D eigenvalue weighted by atomic mass is 9.88. The van der Waals surface area contributed by atoms with Gasteiger partial charge in [0, 0.05) is 24.0 Å². The molecule has 0 bridgehead atoms. The van der Waals surface area contributed by atoms with Gasteiger partial charge in [0.05, 0.1) is 13.2 Å². The van der Waals surface area contributed by atoms with Crippen LogP contribution in [-0.4, -0.2) is 29.3 Å². The molecule has 1 aromatic heterocycles. The van der Waals surface area contributed by atoms with E-state index in [0.29, 0.717) is 30.3 Å². The first-order valence-electron chi connectivity index (χ1n) is 7.85. The number of nitrogens with zero attached hydrogens (tertiary/aromatic N) is 1. The van der Waals surface area contributed by atoms with Gasteiger partial charge in [0.25, 0.3) is 5.91 Å². The van der Waals surface area contributed by atoms with Gasteiger partial charge in [0.15, 0.2) is 5.69 Å². The number of benzene rings is 1. The van der Waals surface area contributed by atoms with E-state index in [2.05, 4.69) is 10.5 Å². The highest BCUT2D eigenvalue weighted by Crippen LogP contribution is 2.40. The Hall–Kier alpha value is -2.34. The number of nitrogens with one attached hydrogen (secondary N) is 1. The van der Waals surface area contributed by atoms with E-state index in [4.69, 9.17) is 9.26 Å². The maximum atomic E-state index is 12.2. The number of ether oxygens (including phenoxy) is 1. The van der Waals surface area contributed by atoms with Gasteiger partial charge in [0.2, 0.25) is 0 Å². The molecule has 6 nitrogen and oxygen atoms in total. The van der Waals surface area contributed by atoms with Crippen molar-refractivity contribution in [2.24, 2.45) is 0 Å². The fourth-order valence-electron chi connectivity index (χ4n) is 2.90. The first-order chi connectivity index (χ1) is 11.2. The summed E-state index contributed by atoms with van der Waals surface area (Å²) in [4.78, 5) is 12.2. The molecule has 1 atom stereocenters. The molecule has 120 valence electrons. The number of rotatable bonds is 4. The van der Waals surface area contributed by atoms with Crippen molar-refractivity contribution in [3.63, 3.8) is 0 Å².